The molecule has 2 heterocycles. The third kappa shape index (κ3) is 4.48. The van der Waals surface area contributed by atoms with E-state index in [0.29, 0.717) is 17.0 Å². The van der Waals surface area contributed by atoms with Crippen LogP contribution in [0.2, 0.25) is 0 Å². The molecule has 1 aliphatic heterocycles. The lowest BCUT2D eigenvalue weighted by Gasteiger charge is -2.31. The van der Waals surface area contributed by atoms with E-state index < -0.39 is 11.9 Å². The number of likely N-dealkylation sites (tertiary alicyclic amines) is 1. The van der Waals surface area contributed by atoms with E-state index in [1.54, 1.807) is 6.92 Å². The number of carbonyl (C=O) groups is 3. The van der Waals surface area contributed by atoms with Crippen molar-refractivity contribution >= 4 is 17.7 Å². The van der Waals surface area contributed by atoms with Crippen LogP contribution in [0, 0.1) is 6.92 Å². The molecule has 1 atom stereocenters. The summed E-state index contributed by atoms with van der Waals surface area (Å²) in [7, 11) is 1.27. The number of ketones is 1. The maximum Gasteiger partial charge on any atom is 0.339 e. The van der Waals surface area contributed by atoms with Crippen LogP contribution in [0.4, 0.5) is 0 Å². The summed E-state index contributed by atoms with van der Waals surface area (Å²) in [5.74, 6) is -1.18. The van der Waals surface area contributed by atoms with E-state index in [2.05, 4.69) is 16.8 Å². The Balaban J connectivity index is 2.13. The van der Waals surface area contributed by atoms with Crippen molar-refractivity contribution in [3.63, 3.8) is 0 Å². The maximum atomic E-state index is 12.3. The van der Waals surface area contributed by atoms with Crippen LogP contribution in [0.25, 0.3) is 0 Å². The van der Waals surface area contributed by atoms with Gasteiger partial charge in [-0.3, -0.25) is 14.5 Å². The monoisotopic (exact) mass is 350 g/mol. The van der Waals surface area contributed by atoms with Gasteiger partial charge in [0.05, 0.1) is 24.8 Å². The maximum absolute atomic E-state index is 12.3. The first-order chi connectivity index (χ1) is 11.9. The molecule has 0 spiro atoms. The lowest BCUT2D eigenvalue weighted by molar-refractivity contribution is -0.150. The number of esters is 2. The molecule has 0 aliphatic carbocycles. The van der Waals surface area contributed by atoms with Gasteiger partial charge in [-0.05, 0) is 38.4 Å². The Bertz CT molecular complexity index is 665. The number of methoxy groups -OCH3 is 1. The number of H-pyrrole nitrogens is 1. The molecule has 0 saturated carbocycles. The zero-order valence-corrected chi connectivity index (χ0v) is 15.3. The van der Waals surface area contributed by atoms with Crippen molar-refractivity contribution in [3.05, 3.63) is 22.5 Å². The lowest BCUT2D eigenvalue weighted by Crippen LogP contribution is -2.40. The Kier molecular flexibility index (Phi) is 6.36. The smallest absolute Gasteiger partial charge is 0.339 e. The summed E-state index contributed by atoms with van der Waals surface area (Å²) in [5.41, 5.74) is 1.42. The predicted molar refractivity (Wildman–Crippen MR) is 91.8 cm³/mol. The fourth-order valence-corrected chi connectivity index (χ4v) is 3.29. The summed E-state index contributed by atoms with van der Waals surface area (Å²) < 4.78 is 10.3. The highest BCUT2D eigenvalue weighted by Crippen LogP contribution is 2.22. The fraction of sp³-hybridized carbons (Fsp3) is 0.611. The van der Waals surface area contributed by atoms with E-state index in [9.17, 15) is 14.4 Å². The minimum atomic E-state index is -0.570. The molecule has 1 fully saturated rings. The highest BCUT2D eigenvalue weighted by Gasteiger charge is 2.27. The largest absolute Gasteiger partial charge is 0.465 e. The summed E-state index contributed by atoms with van der Waals surface area (Å²) in [6.45, 7) is 7.83. The molecule has 1 N–H and O–H groups in total. The summed E-state index contributed by atoms with van der Waals surface area (Å²) in [5, 5.41) is 0. The molecule has 0 bridgehead atoms. The number of hydrogen-bond donors (Lipinski definition) is 1. The molecule has 7 heteroatoms. The second kappa shape index (κ2) is 8.29. The number of aromatic nitrogens is 1. The van der Waals surface area contributed by atoms with E-state index in [-0.39, 0.29) is 23.9 Å². The molecule has 0 aromatic carbocycles. The van der Waals surface area contributed by atoms with Gasteiger partial charge in [0.2, 0.25) is 0 Å². The zero-order valence-electron chi connectivity index (χ0n) is 15.3. The molecule has 1 unspecified atom stereocenters. The minimum absolute atomic E-state index is 0.0961. The highest BCUT2D eigenvalue weighted by molar-refractivity contribution is 6.01. The van der Waals surface area contributed by atoms with Gasteiger partial charge in [0.25, 0.3) is 0 Å². The number of rotatable bonds is 6. The van der Waals surface area contributed by atoms with Crippen LogP contribution in [0.1, 0.15) is 58.8 Å². The van der Waals surface area contributed by atoms with Gasteiger partial charge in [-0.25, -0.2) is 4.79 Å². The topological polar surface area (TPSA) is 88.7 Å². The number of Topliss-reactive ketones (excluding diaryl/α,β-unsaturated/α-hetero) is 1. The van der Waals surface area contributed by atoms with E-state index in [0.717, 1.165) is 32.5 Å². The molecular formula is C18H26N2O5. The second-order valence-corrected chi connectivity index (χ2v) is 6.35. The number of piperidine rings is 1. The van der Waals surface area contributed by atoms with Gasteiger partial charge in [-0.1, -0.05) is 6.92 Å². The van der Waals surface area contributed by atoms with Crippen LogP contribution < -0.4 is 0 Å². The average Bonchev–Trinajstić information content (AvgIpc) is 2.90. The first kappa shape index (κ1) is 19.2. The van der Waals surface area contributed by atoms with Crippen molar-refractivity contribution in [2.24, 2.45) is 0 Å². The van der Waals surface area contributed by atoms with Gasteiger partial charge in [0.15, 0.2) is 5.78 Å². The molecular weight excluding hydrogens is 324 g/mol. The van der Waals surface area contributed by atoms with E-state index >= 15 is 0 Å². The molecule has 1 aromatic rings. The first-order valence-corrected chi connectivity index (χ1v) is 8.59. The quantitative estimate of drug-likeness (QED) is 0.622. The fourth-order valence-electron chi connectivity index (χ4n) is 3.29. The van der Waals surface area contributed by atoms with E-state index in [4.69, 9.17) is 9.47 Å². The summed E-state index contributed by atoms with van der Waals surface area (Å²) in [4.78, 5) is 41.2. The molecule has 1 aliphatic rings. The van der Waals surface area contributed by atoms with Gasteiger partial charge >= 0.3 is 11.9 Å². The van der Waals surface area contributed by atoms with Crippen molar-refractivity contribution in [1.82, 2.24) is 9.88 Å². The number of carbonyl (C=O) groups excluding carboxylic acids is 3. The predicted octanol–water partition coefficient (Wildman–Crippen LogP) is 1.88. The Morgan fingerprint density at radius 2 is 2.04 bits per heavy atom. The normalized spacial score (nSPS) is 18.0. The molecule has 0 amide bonds. The molecule has 1 saturated heterocycles. The second-order valence-electron chi connectivity index (χ2n) is 6.35. The zero-order chi connectivity index (χ0) is 18.6. The van der Waals surface area contributed by atoms with Crippen molar-refractivity contribution in [3.8, 4) is 0 Å². The van der Waals surface area contributed by atoms with Crippen molar-refractivity contribution in [1.29, 1.82) is 0 Å². The van der Waals surface area contributed by atoms with E-state index in [1.807, 2.05) is 0 Å². The molecule has 25 heavy (non-hydrogen) atoms. The van der Waals surface area contributed by atoms with Gasteiger partial charge < -0.3 is 14.5 Å². The average molecular weight is 350 g/mol. The number of nitrogens with one attached hydrogen (secondary N) is 1. The Morgan fingerprint density at radius 1 is 1.32 bits per heavy atom. The van der Waals surface area contributed by atoms with Crippen LogP contribution in [0.15, 0.2) is 0 Å². The van der Waals surface area contributed by atoms with Gasteiger partial charge in [0.1, 0.15) is 6.10 Å². The number of ether oxygens (including phenoxy) is 2. The standard InChI is InChI=1S/C18H26N2O5/c1-5-20-8-6-7-13(10-20)25-15(22)9-14-16(18(23)24-4)11(2)17(19-14)12(3)21/h13,19H,5-10H2,1-4H3. The van der Waals surface area contributed by atoms with E-state index in [1.165, 1.54) is 14.0 Å². The van der Waals surface area contributed by atoms with Crippen LogP contribution in [-0.4, -0.2) is 60.5 Å². The first-order valence-electron chi connectivity index (χ1n) is 8.59. The Morgan fingerprint density at radius 3 is 2.64 bits per heavy atom. The Hall–Kier alpha value is -2.15. The van der Waals surface area contributed by atoms with Crippen molar-refractivity contribution in [2.75, 3.05) is 26.7 Å². The SMILES string of the molecule is CCN1CCCC(OC(=O)Cc2[nH]c(C(C)=O)c(C)c2C(=O)OC)C1. The number of likely N-dealkylation sites (N-methyl/N-ethyl adjacent to an activating group) is 1. The summed E-state index contributed by atoms with van der Waals surface area (Å²) >= 11 is 0. The van der Waals surface area contributed by atoms with Gasteiger partial charge in [-0.2, -0.15) is 0 Å². The third-order valence-corrected chi connectivity index (χ3v) is 4.60. The van der Waals surface area contributed by atoms with Crippen molar-refractivity contribution < 1.29 is 23.9 Å². The molecule has 0 radical (unpaired) electrons. The molecule has 138 valence electrons. The van der Waals surface area contributed by atoms with Crippen LogP contribution in [0.5, 0.6) is 0 Å². The number of aromatic amines is 1. The number of hydrogen-bond acceptors (Lipinski definition) is 6. The third-order valence-electron chi connectivity index (χ3n) is 4.60. The number of nitrogens with zero attached hydrogens (tertiary/aromatic N) is 1. The summed E-state index contributed by atoms with van der Waals surface area (Å²) in [6, 6.07) is 0. The molecule has 1 aromatic heterocycles. The molecule has 7 nitrogen and oxygen atoms in total. The molecule has 2 rings (SSSR count). The lowest BCUT2D eigenvalue weighted by atomic mass is 10.1. The van der Waals surface area contributed by atoms with Crippen LogP contribution in [0.3, 0.4) is 0 Å². The summed E-state index contributed by atoms with van der Waals surface area (Å²) in [6.07, 6.45) is 1.61. The van der Waals surface area contributed by atoms with Gasteiger partial charge in [-0.15, -0.1) is 0 Å². The minimum Gasteiger partial charge on any atom is -0.465 e. The Labute approximate surface area is 147 Å². The van der Waals surface area contributed by atoms with Crippen LogP contribution >= 0.6 is 0 Å². The van der Waals surface area contributed by atoms with Gasteiger partial charge in [0, 0.05) is 19.2 Å². The highest BCUT2D eigenvalue weighted by atomic mass is 16.5. The van der Waals surface area contributed by atoms with Crippen LogP contribution in [-0.2, 0) is 20.7 Å². The van der Waals surface area contributed by atoms with Crippen molar-refractivity contribution in [2.45, 2.75) is 46.1 Å².